The number of aromatic hydroxyl groups is 1. The Bertz CT molecular complexity index is 661. The van der Waals surface area contributed by atoms with Crippen molar-refractivity contribution in [2.24, 2.45) is 0 Å². The van der Waals surface area contributed by atoms with Gasteiger partial charge in [-0.1, -0.05) is 11.6 Å². The van der Waals surface area contributed by atoms with Crippen LogP contribution in [0.1, 0.15) is 10.4 Å². The predicted molar refractivity (Wildman–Crippen MR) is 86.8 cm³/mol. The summed E-state index contributed by atoms with van der Waals surface area (Å²) in [6.07, 6.45) is 0. The lowest BCUT2D eigenvalue weighted by Crippen LogP contribution is -2.11. The molecule has 0 aromatic heterocycles. The minimum absolute atomic E-state index is 0.0362. The van der Waals surface area contributed by atoms with Crippen LogP contribution in [0.2, 0.25) is 5.02 Å². The summed E-state index contributed by atoms with van der Waals surface area (Å²) in [4.78, 5) is 12.1. The molecule has 0 heterocycles. The van der Waals surface area contributed by atoms with Crippen molar-refractivity contribution < 1.29 is 14.6 Å². The minimum Gasteiger partial charge on any atom is -0.504 e. The van der Waals surface area contributed by atoms with Gasteiger partial charge in [0.25, 0.3) is 5.91 Å². The van der Waals surface area contributed by atoms with Gasteiger partial charge in [0.05, 0.1) is 12.1 Å². The van der Waals surface area contributed by atoms with Crippen LogP contribution in [-0.4, -0.2) is 18.1 Å². The van der Waals surface area contributed by atoms with Gasteiger partial charge in [-0.25, -0.2) is 0 Å². The second-order valence-electron chi connectivity index (χ2n) is 3.97. The van der Waals surface area contributed by atoms with Crippen LogP contribution in [0, 0.1) is 3.57 Å². The molecule has 0 radical (unpaired) electrons. The van der Waals surface area contributed by atoms with Gasteiger partial charge < -0.3 is 15.2 Å². The van der Waals surface area contributed by atoms with E-state index in [1.54, 1.807) is 30.3 Å². The van der Waals surface area contributed by atoms with Gasteiger partial charge in [-0.15, -0.1) is 0 Å². The van der Waals surface area contributed by atoms with Crippen molar-refractivity contribution in [2.45, 2.75) is 0 Å². The zero-order valence-electron chi connectivity index (χ0n) is 10.5. The number of benzene rings is 2. The Hall–Kier alpha value is -1.47. The number of hydrogen-bond donors (Lipinski definition) is 2. The topological polar surface area (TPSA) is 58.6 Å². The number of hydrogen-bond acceptors (Lipinski definition) is 3. The fraction of sp³-hybridized carbons (Fsp3) is 0.0714. The molecule has 0 bridgehead atoms. The SMILES string of the molecule is COc1ccc(NC(=O)c2ccc(I)c(Cl)c2)cc1O. The fourth-order valence-corrected chi connectivity index (χ4v) is 2.12. The van der Waals surface area contributed by atoms with E-state index >= 15 is 0 Å². The van der Waals surface area contributed by atoms with Gasteiger partial charge >= 0.3 is 0 Å². The van der Waals surface area contributed by atoms with Crippen LogP contribution >= 0.6 is 34.2 Å². The Kier molecular flexibility index (Phi) is 4.72. The number of amides is 1. The van der Waals surface area contributed by atoms with E-state index in [1.807, 2.05) is 0 Å². The summed E-state index contributed by atoms with van der Waals surface area (Å²) in [6, 6.07) is 9.69. The van der Waals surface area contributed by atoms with Crippen molar-refractivity contribution in [3.8, 4) is 11.5 Å². The van der Waals surface area contributed by atoms with E-state index in [9.17, 15) is 9.90 Å². The van der Waals surface area contributed by atoms with E-state index in [-0.39, 0.29) is 11.7 Å². The molecular formula is C14H11ClINO3. The van der Waals surface area contributed by atoms with Crippen molar-refractivity contribution in [3.63, 3.8) is 0 Å². The highest BCUT2D eigenvalue weighted by Crippen LogP contribution is 2.29. The van der Waals surface area contributed by atoms with E-state index in [0.29, 0.717) is 22.0 Å². The molecule has 0 saturated heterocycles. The third-order valence-corrected chi connectivity index (χ3v) is 4.19. The summed E-state index contributed by atoms with van der Waals surface area (Å²) < 4.78 is 5.82. The Morgan fingerprint density at radius 3 is 2.65 bits per heavy atom. The number of carbonyl (C=O) groups excluding carboxylic acids is 1. The first-order chi connectivity index (χ1) is 9.51. The number of halogens is 2. The van der Waals surface area contributed by atoms with Crippen LogP contribution in [0.3, 0.4) is 0 Å². The van der Waals surface area contributed by atoms with Gasteiger partial charge in [-0.05, 0) is 52.9 Å². The number of nitrogens with one attached hydrogen (secondary N) is 1. The lowest BCUT2D eigenvalue weighted by atomic mass is 10.2. The van der Waals surface area contributed by atoms with E-state index in [2.05, 4.69) is 27.9 Å². The van der Waals surface area contributed by atoms with Crippen LogP contribution in [0.5, 0.6) is 11.5 Å². The van der Waals surface area contributed by atoms with E-state index in [0.717, 1.165) is 3.57 Å². The van der Waals surface area contributed by atoms with Gasteiger partial charge in [0.2, 0.25) is 0 Å². The maximum atomic E-state index is 12.1. The van der Waals surface area contributed by atoms with Crippen LogP contribution in [0.4, 0.5) is 5.69 Å². The summed E-state index contributed by atoms with van der Waals surface area (Å²) in [6.45, 7) is 0. The zero-order chi connectivity index (χ0) is 14.7. The molecule has 104 valence electrons. The van der Waals surface area contributed by atoms with E-state index < -0.39 is 0 Å². The second kappa shape index (κ2) is 6.32. The largest absolute Gasteiger partial charge is 0.504 e. The van der Waals surface area contributed by atoms with Crippen LogP contribution in [0.25, 0.3) is 0 Å². The normalized spacial score (nSPS) is 10.2. The fourth-order valence-electron chi connectivity index (χ4n) is 1.61. The lowest BCUT2D eigenvalue weighted by Gasteiger charge is -2.08. The molecule has 2 rings (SSSR count). The number of rotatable bonds is 3. The molecule has 0 saturated carbocycles. The zero-order valence-corrected chi connectivity index (χ0v) is 13.4. The predicted octanol–water partition coefficient (Wildman–Crippen LogP) is 3.91. The third-order valence-electron chi connectivity index (χ3n) is 2.62. The molecule has 0 atom stereocenters. The van der Waals surface area contributed by atoms with Crippen LogP contribution < -0.4 is 10.1 Å². The van der Waals surface area contributed by atoms with E-state index in [1.165, 1.54) is 13.2 Å². The number of phenolic OH excluding ortho intramolecular Hbond substituents is 1. The number of phenols is 1. The highest BCUT2D eigenvalue weighted by molar-refractivity contribution is 14.1. The van der Waals surface area contributed by atoms with Gasteiger partial charge in [-0.2, -0.15) is 0 Å². The van der Waals surface area contributed by atoms with Crippen LogP contribution in [0.15, 0.2) is 36.4 Å². The Labute approximate surface area is 134 Å². The highest BCUT2D eigenvalue weighted by Gasteiger charge is 2.10. The molecule has 0 aliphatic heterocycles. The van der Waals surface area contributed by atoms with E-state index in [4.69, 9.17) is 16.3 Å². The summed E-state index contributed by atoms with van der Waals surface area (Å²) in [5.74, 6) is 0.0131. The lowest BCUT2D eigenvalue weighted by molar-refractivity contribution is 0.102. The Morgan fingerprint density at radius 2 is 2.05 bits per heavy atom. The molecule has 0 unspecified atom stereocenters. The molecule has 2 aromatic carbocycles. The molecule has 2 N–H and O–H groups in total. The molecule has 0 aliphatic carbocycles. The first kappa shape index (κ1) is 14.9. The van der Waals surface area contributed by atoms with Crippen molar-refractivity contribution in [1.82, 2.24) is 0 Å². The number of ether oxygens (including phenoxy) is 1. The summed E-state index contributed by atoms with van der Waals surface area (Å²) in [7, 11) is 1.46. The Balaban J connectivity index is 2.19. The molecule has 20 heavy (non-hydrogen) atoms. The standard InChI is InChI=1S/C14H11ClINO3/c1-20-13-5-3-9(7-12(13)18)17-14(19)8-2-4-11(16)10(15)6-8/h2-7,18H,1H3,(H,17,19). The van der Waals surface area contributed by atoms with Gasteiger partial charge in [0.15, 0.2) is 11.5 Å². The monoisotopic (exact) mass is 403 g/mol. The van der Waals surface area contributed by atoms with Crippen molar-refractivity contribution in [2.75, 3.05) is 12.4 Å². The summed E-state index contributed by atoms with van der Waals surface area (Å²) >= 11 is 8.07. The summed E-state index contributed by atoms with van der Waals surface area (Å²) in [5.41, 5.74) is 0.925. The average Bonchev–Trinajstić information content (AvgIpc) is 2.42. The Morgan fingerprint density at radius 1 is 1.30 bits per heavy atom. The second-order valence-corrected chi connectivity index (χ2v) is 5.54. The minimum atomic E-state index is -0.298. The van der Waals surface area contributed by atoms with Gasteiger partial charge in [0.1, 0.15) is 0 Å². The van der Waals surface area contributed by atoms with Crippen molar-refractivity contribution in [1.29, 1.82) is 0 Å². The molecule has 4 nitrogen and oxygen atoms in total. The molecule has 0 fully saturated rings. The van der Waals surface area contributed by atoms with Crippen molar-refractivity contribution in [3.05, 3.63) is 50.6 Å². The molecular weight excluding hydrogens is 393 g/mol. The number of carbonyl (C=O) groups is 1. The summed E-state index contributed by atoms with van der Waals surface area (Å²) in [5, 5.41) is 12.9. The molecule has 0 spiro atoms. The third kappa shape index (κ3) is 3.34. The molecule has 6 heteroatoms. The first-order valence-electron chi connectivity index (χ1n) is 5.64. The van der Waals surface area contributed by atoms with Crippen molar-refractivity contribution >= 4 is 45.8 Å². The molecule has 1 amide bonds. The first-order valence-corrected chi connectivity index (χ1v) is 7.10. The molecule has 2 aromatic rings. The molecule has 0 aliphatic rings. The maximum absolute atomic E-state index is 12.1. The van der Waals surface area contributed by atoms with Crippen LogP contribution in [-0.2, 0) is 0 Å². The van der Waals surface area contributed by atoms with Gasteiger partial charge in [-0.3, -0.25) is 4.79 Å². The van der Waals surface area contributed by atoms with Gasteiger partial charge in [0, 0.05) is 20.9 Å². The maximum Gasteiger partial charge on any atom is 0.255 e. The number of anilines is 1. The number of methoxy groups -OCH3 is 1. The average molecular weight is 404 g/mol. The quantitative estimate of drug-likeness (QED) is 0.764. The smallest absolute Gasteiger partial charge is 0.255 e. The highest BCUT2D eigenvalue weighted by atomic mass is 127.